The minimum Gasteiger partial charge on any atom is -0.319 e. The molecule has 4 aromatic rings. The molecule has 182 valence electrons. The van der Waals surface area contributed by atoms with E-state index in [2.05, 4.69) is 64.8 Å². The van der Waals surface area contributed by atoms with Crippen molar-refractivity contribution in [1.82, 2.24) is 9.80 Å². The number of carbonyl (C=O) groups is 1. The van der Waals surface area contributed by atoms with Gasteiger partial charge in [0.25, 0.3) is 0 Å². The van der Waals surface area contributed by atoms with E-state index in [1.54, 1.807) is 6.07 Å². The number of amides is 2. The van der Waals surface area contributed by atoms with Crippen LogP contribution in [-0.2, 0) is 6.54 Å². The molecule has 2 heterocycles. The normalized spacial score (nSPS) is 18.5. The van der Waals surface area contributed by atoms with Crippen LogP contribution in [0.3, 0.4) is 0 Å². The fourth-order valence-electron chi connectivity index (χ4n) is 5.65. The van der Waals surface area contributed by atoms with Crippen molar-refractivity contribution in [3.63, 3.8) is 0 Å². The van der Waals surface area contributed by atoms with Gasteiger partial charge in [-0.2, -0.15) is 5.26 Å². The molecule has 5 nitrogen and oxygen atoms in total. The van der Waals surface area contributed by atoms with Crippen LogP contribution in [0, 0.1) is 11.3 Å². The second-order valence-corrected chi connectivity index (χ2v) is 9.90. The number of rotatable bonds is 5. The number of nitrogens with zero attached hydrogens (tertiary/aromatic N) is 3. The quantitative estimate of drug-likeness (QED) is 0.357. The first kappa shape index (κ1) is 23.0. The molecule has 5 heteroatoms. The number of fused-ring (bicyclic) bond motifs is 2. The summed E-state index contributed by atoms with van der Waals surface area (Å²) in [7, 11) is 0. The van der Waals surface area contributed by atoms with Crippen molar-refractivity contribution >= 4 is 11.7 Å². The standard InChI is InChI=1S/C32H28N4O/c33-19-23-7-4-12-27(15-23)28-13-6-14-29(17-28)34-32(37)36-22-30-18-31(36)21-35(30)20-24-8-5-11-26(16-24)25-9-2-1-3-10-25/h1-17,30-31H,18,20-22H2,(H,34,37)/t30-,31-/m0/s1. The van der Waals surface area contributed by atoms with Gasteiger partial charge in [-0.05, 0) is 64.6 Å². The Morgan fingerprint density at radius 3 is 2.24 bits per heavy atom. The molecule has 1 N–H and O–H groups in total. The number of carbonyl (C=O) groups excluding carboxylic acids is 1. The summed E-state index contributed by atoms with van der Waals surface area (Å²) in [5.41, 5.74) is 7.10. The van der Waals surface area contributed by atoms with Crippen LogP contribution in [0.1, 0.15) is 17.5 Å². The molecule has 0 aliphatic carbocycles. The Bertz CT molecular complexity index is 1480. The molecular formula is C32H28N4O. The molecule has 0 aromatic heterocycles. The van der Waals surface area contributed by atoms with Gasteiger partial charge in [0.15, 0.2) is 0 Å². The van der Waals surface area contributed by atoms with E-state index in [-0.39, 0.29) is 12.1 Å². The van der Waals surface area contributed by atoms with Crippen LogP contribution in [0.4, 0.5) is 10.5 Å². The van der Waals surface area contributed by atoms with Crippen molar-refractivity contribution in [3.05, 3.63) is 114 Å². The monoisotopic (exact) mass is 484 g/mol. The Balaban J connectivity index is 1.09. The van der Waals surface area contributed by atoms with E-state index in [1.165, 1.54) is 16.7 Å². The van der Waals surface area contributed by atoms with Crippen molar-refractivity contribution < 1.29 is 4.79 Å². The fraction of sp³-hybridized carbons (Fsp3) is 0.188. The highest BCUT2D eigenvalue weighted by Gasteiger charge is 2.45. The summed E-state index contributed by atoms with van der Waals surface area (Å²) in [6.07, 6.45) is 1.02. The van der Waals surface area contributed by atoms with Gasteiger partial charge in [-0.25, -0.2) is 4.79 Å². The molecule has 2 saturated heterocycles. The third-order valence-electron chi connectivity index (χ3n) is 7.47. The number of nitriles is 1. The van der Waals surface area contributed by atoms with Crippen LogP contribution in [0.15, 0.2) is 103 Å². The van der Waals surface area contributed by atoms with E-state index < -0.39 is 0 Å². The topological polar surface area (TPSA) is 59.4 Å². The second-order valence-electron chi connectivity index (χ2n) is 9.90. The number of urea groups is 1. The molecule has 0 radical (unpaired) electrons. The molecule has 37 heavy (non-hydrogen) atoms. The molecule has 2 amide bonds. The summed E-state index contributed by atoms with van der Waals surface area (Å²) in [5.74, 6) is 0. The van der Waals surface area contributed by atoms with Crippen LogP contribution in [0.2, 0.25) is 0 Å². The Kier molecular flexibility index (Phi) is 6.18. The maximum atomic E-state index is 13.2. The van der Waals surface area contributed by atoms with Gasteiger partial charge in [0.05, 0.1) is 11.6 Å². The fourth-order valence-corrected chi connectivity index (χ4v) is 5.65. The minimum absolute atomic E-state index is 0.0406. The third kappa shape index (κ3) is 4.84. The number of hydrogen-bond donors (Lipinski definition) is 1. The van der Waals surface area contributed by atoms with Crippen molar-refractivity contribution in [3.8, 4) is 28.3 Å². The first-order valence-electron chi connectivity index (χ1n) is 12.7. The van der Waals surface area contributed by atoms with Gasteiger partial charge in [0.1, 0.15) is 0 Å². The lowest BCUT2D eigenvalue weighted by Gasteiger charge is -2.34. The zero-order valence-corrected chi connectivity index (χ0v) is 20.5. The second kappa shape index (κ2) is 9.93. The minimum atomic E-state index is -0.0406. The lowest BCUT2D eigenvalue weighted by molar-refractivity contribution is 0.139. The highest BCUT2D eigenvalue weighted by molar-refractivity contribution is 5.91. The van der Waals surface area contributed by atoms with Gasteiger partial charge in [-0.3, -0.25) is 4.90 Å². The van der Waals surface area contributed by atoms with Gasteiger partial charge in [-0.15, -0.1) is 0 Å². The first-order valence-corrected chi connectivity index (χ1v) is 12.7. The van der Waals surface area contributed by atoms with Crippen molar-refractivity contribution in [2.24, 2.45) is 0 Å². The van der Waals surface area contributed by atoms with Gasteiger partial charge < -0.3 is 10.2 Å². The molecule has 0 saturated carbocycles. The molecule has 2 aliphatic heterocycles. The number of likely N-dealkylation sites (tertiary alicyclic amines) is 2. The summed E-state index contributed by atoms with van der Waals surface area (Å²) in [5, 5.41) is 12.3. The van der Waals surface area contributed by atoms with Gasteiger partial charge >= 0.3 is 6.03 Å². The number of benzene rings is 4. The largest absolute Gasteiger partial charge is 0.322 e. The highest BCUT2D eigenvalue weighted by atomic mass is 16.2. The van der Waals surface area contributed by atoms with Crippen molar-refractivity contribution in [1.29, 1.82) is 5.26 Å². The van der Waals surface area contributed by atoms with Gasteiger partial charge in [0, 0.05) is 37.4 Å². The zero-order valence-electron chi connectivity index (χ0n) is 20.5. The predicted molar refractivity (Wildman–Crippen MR) is 147 cm³/mol. The van der Waals surface area contributed by atoms with E-state index in [0.717, 1.165) is 42.9 Å². The van der Waals surface area contributed by atoms with Crippen molar-refractivity contribution in [2.45, 2.75) is 25.0 Å². The summed E-state index contributed by atoms with van der Waals surface area (Å²) in [6, 6.07) is 37.3. The van der Waals surface area contributed by atoms with Crippen LogP contribution in [-0.4, -0.2) is 41.0 Å². The van der Waals surface area contributed by atoms with E-state index in [0.29, 0.717) is 11.6 Å². The van der Waals surface area contributed by atoms with Crippen LogP contribution >= 0.6 is 0 Å². The number of piperazine rings is 1. The molecule has 6 rings (SSSR count). The van der Waals surface area contributed by atoms with Crippen molar-refractivity contribution in [2.75, 3.05) is 18.4 Å². The third-order valence-corrected chi connectivity index (χ3v) is 7.47. The summed E-state index contributed by atoms with van der Waals surface area (Å²) >= 11 is 0. The molecule has 4 aromatic carbocycles. The number of anilines is 1. The van der Waals surface area contributed by atoms with Gasteiger partial charge in [0.2, 0.25) is 0 Å². The van der Waals surface area contributed by atoms with E-state index in [9.17, 15) is 10.1 Å². The lowest BCUT2D eigenvalue weighted by Crippen LogP contribution is -2.49. The Morgan fingerprint density at radius 1 is 0.784 bits per heavy atom. The Morgan fingerprint density at radius 2 is 1.49 bits per heavy atom. The Labute approximate surface area is 217 Å². The highest BCUT2D eigenvalue weighted by Crippen LogP contribution is 2.33. The summed E-state index contributed by atoms with van der Waals surface area (Å²) in [4.78, 5) is 17.7. The number of nitrogens with one attached hydrogen (secondary N) is 1. The molecule has 2 bridgehead atoms. The van der Waals surface area contributed by atoms with Crippen LogP contribution in [0.25, 0.3) is 22.3 Å². The molecular weight excluding hydrogens is 456 g/mol. The smallest absolute Gasteiger partial charge is 0.319 e. The predicted octanol–water partition coefficient (Wildman–Crippen LogP) is 6.38. The van der Waals surface area contributed by atoms with Crippen LogP contribution < -0.4 is 5.32 Å². The summed E-state index contributed by atoms with van der Waals surface area (Å²) in [6.45, 7) is 2.55. The molecule has 2 atom stereocenters. The zero-order chi connectivity index (χ0) is 25.2. The molecule has 0 spiro atoms. The lowest BCUT2D eigenvalue weighted by atomic mass is 10.0. The van der Waals surface area contributed by atoms with E-state index >= 15 is 0 Å². The van der Waals surface area contributed by atoms with E-state index in [1.807, 2.05) is 53.4 Å². The maximum Gasteiger partial charge on any atom is 0.322 e. The Hall–Kier alpha value is -4.40. The average Bonchev–Trinajstić information content (AvgIpc) is 3.55. The SMILES string of the molecule is N#Cc1cccc(-c2cccc(NC(=O)N3C[C@@H]4C[C@H]3CN4Cc3cccc(-c4ccccc4)c3)c2)c1. The van der Waals surface area contributed by atoms with Crippen LogP contribution in [0.5, 0.6) is 0 Å². The average molecular weight is 485 g/mol. The molecule has 0 unspecified atom stereocenters. The summed E-state index contributed by atoms with van der Waals surface area (Å²) < 4.78 is 0. The maximum absolute atomic E-state index is 13.2. The molecule has 2 aliphatic rings. The first-order chi connectivity index (χ1) is 18.2. The molecule has 2 fully saturated rings. The van der Waals surface area contributed by atoms with E-state index in [4.69, 9.17) is 0 Å². The number of hydrogen-bond acceptors (Lipinski definition) is 3. The van der Waals surface area contributed by atoms with Gasteiger partial charge in [-0.1, -0.05) is 72.8 Å².